The van der Waals surface area contributed by atoms with Crippen LogP contribution in [0.25, 0.3) is 0 Å². The van der Waals surface area contributed by atoms with E-state index in [-0.39, 0.29) is 6.42 Å². The minimum Gasteiger partial charge on any atom is -0.481 e. The summed E-state index contributed by atoms with van der Waals surface area (Å²) in [5.41, 5.74) is 0. The first-order chi connectivity index (χ1) is 9.15. The first-order valence-corrected chi connectivity index (χ1v) is 6.90. The van der Waals surface area contributed by atoms with Crippen molar-refractivity contribution >= 4 is 5.97 Å². The van der Waals surface area contributed by atoms with E-state index in [9.17, 15) is 4.79 Å². The van der Waals surface area contributed by atoms with E-state index in [2.05, 4.69) is 22.4 Å². The van der Waals surface area contributed by atoms with Gasteiger partial charge < -0.3 is 14.9 Å². The molecule has 1 aromatic rings. The molecule has 6 heteroatoms. The molecular formula is C13H21N3O3. The Kier molecular flexibility index (Phi) is 4.90. The molecular weight excluding hydrogens is 246 g/mol. The summed E-state index contributed by atoms with van der Waals surface area (Å²) in [4.78, 5) is 14.8. The van der Waals surface area contributed by atoms with Gasteiger partial charge in [-0.25, -0.2) is 0 Å². The number of aromatic nitrogens is 2. The van der Waals surface area contributed by atoms with Crippen LogP contribution in [0.2, 0.25) is 0 Å². The van der Waals surface area contributed by atoms with Crippen LogP contribution < -0.4 is 5.32 Å². The van der Waals surface area contributed by atoms with Crippen LogP contribution in [0.3, 0.4) is 0 Å². The quantitative estimate of drug-likeness (QED) is 0.665. The van der Waals surface area contributed by atoms with Gasteiger partial charge in [-0.3, -0.25) is 4.79 Å². The number of hydrogen-bond acceptors (Lipinski definition) is 5. The lowest BCUT2D eigenvalue weighted by Crippen LogP contribution is -2.18. The second-order valence-corrected chi connectivity index (χ2v) is 5.33. The van der Waals surface area contributed by atoms with Crippen molar-refractivity contribution in [1.82, 2.24) is 15.5 Å². The minimum atomic E-state index is -0.723. The van der Waals surface area contributed by atoms with Gasteiger partial charge in [-0.2, -0.15) is 4.98 Å². The summed E-state index contributed by atoms with van der Waals surface area (Å²) in [6, 6.07) is 0. The Bertz CT molecular complexity index is 415. The van der Waals surface area contributed by atoms with Crippen LogP contribution in [-0.2, 0) is 11.3 Å². The first-order valence-electron chi connectivity index (χ1n) is 6.90. The van der Waals surface area contributed by atoms with Gasteiger partial charge in [0, 0.05) is 12.3 Å². The molecule has 1 heterocycles. The van der Waals surface area contributed by atoms with Gasteiger partial charge >= 0.3 is 5.97 Å². The highest BCUT2D eigenvalue weighted by Gasteiger charge is 2.29. The lowest BCUT2D eigenvalue weighted by Gasteiger charge is -2.09. The maximum Gasteiger partial charge on any atom is 0.303 e. The van der Waals surface area contributed by atoms with Crippen LogP contribution in [0.1, 0.15) is 56.7 Å². The Hall–Kier alpha value is -1.43. The van der Waals surface area contributed by atoms with Crippen molar-refractivity contribution in [3.63, 3.8) is 0 Å². The average molecular weight is 267 g/mol. The van der Waals surface area contributed by atoms with E-state index >= 15 is 0 Å². The summed E-state index contributed by atoms with van der Waals surface area (Å²) in [7, 11) is 0. The van der Waals surface area contributed by atoms with Crippen molar-refractivity contribution in [3.8, 4) is 0 Å². The van der Waals surface area contributed by atoms with Gasteiger partial charge in [0.25, 0.3) is 0 Å². The molecule has 1 aliphatic rings. The molecule has 106 valence electrons. The largest absolute Gasteiger partial charge is 0.481 e. The fraction of sp³-hybridized carbons (Fsp3) is 0.769. The molecule has 19 heavy (non-hydrogen) atoms. The highest BCUT2D eigenvalue weighted by molar-refractivity contribution is 5.66. The summed E-state index contributed by atoms with van der Waals surface area (Å²) in [6.45, 7) is 3.53. The SMILES string of the molecule is CC(CCNCc1noc(C2CC2)n1)CCC(=O)O. The molecule has 0 radical (unpaired) electrons. The van der Waals surface area contributed by atoms with Crippen LogP contribution in [0, 0.1) is 5.92 Å². The summed E-state index contributed by atoms with van der Waals surface area (Å²) < 4.78 is 5.17. The Balaban J connectivity index is 1.56. The summed E-state index contributed by atoms with van der Waals surface area (Å²) in [5.74, 6) is 1.67. The zero-order valence-electron chi connectivity index (χ0n) is 11.3. The molecule has 0 bridgehead atoms. The van der Waals surface area contributed by atoms with Gasteiger partial charge in [0.15, 0.2) is 5.82 Å². The van der Waals surface area contributed by atoms with Crippen molar-refractivity contribution in [1.29, 1.82) is 0 Å². The second-order valence-electron chi connectivity index (χ2n) is 5.33. The molecule has 0 aliphatic heterocycles. The number of aliphatic carboxylic acids is 1. The zero-order chi connectivity index (χ0) is 13.7. The monoisotopic (exact) mass is 267 g/mol. The molecule has 0 aromatic carbocycles. The molecule has 1 aromatic heterocycles. The van der Waals surface area contributed by atoms with Crippen molar-refractivity contribution in [2.24, 2.45) is 5.92 Å². The summed E-state index contributed by atoms with van der Waals surface area (Å²) in [6.07, 6.45) is 4.26. The van der Waals surface area contributed by atoms with Gasteiger partial charge in [0.1, 0.15) is 0 Å². The number of nitrogens with one attached hydrogen (secondary N) is 1. The molecule has 0 saturated heterocycles. The van der Waals surface area contributed by atoms with Crippen molar-refractivity contribution < 1.29 is 14.4 Å². The number of carboxylic acids is 1. The molecule has 1 unspecified atom stereocenters. The molecule has 1 saturated carbocycles. The Morgan fingerprint density at radius 2 is 2.32 bits per heavy atom. The van der Waals surface area contributed by atoms with E-state index in [0.29, 0.717) is 24.2 Å². The van der Waals surface area contributed by atoms with E-state index in [1.165, 1.54) is 0 Å². The zero-order valence-corrected chi connectivity index (χ0v) is 11.3. The number of carbonyl (C=O) groups is 1. The number of hydrogen-bond donors (Lipinski definition) is 2. The molecule has 2 N–H and O–H groups in total. The Morgan fingerprint density at radius 3 is 3.00 bits per heavy atom. The molecule has 0 spiro atoms. The number of rotatable bonds is 9. The maximum absolute atomic E-state index is 10.4. The second kappa shape index (κ2) is 6.65. The fourth-order valence-electron chi connectivity index (χ4n) is 1.90. The highest BCUT2D eigenvalue weighted by Crippen LogP contribution is 2.38. The van der Waals surface area contributed by atoms with Crippen LogP contribution in [0.5, 0.6) is 0 Å². The van der Waals surface area contributed by atoms with E-state index in [1.54, 1.807) is 0 Å². The van der Waals surface area contributed by atoms with Crippen LogP contribution in [0.15, 0.2) is 4.52 Å². The Morgan fingerprint density at radius 1 is 1.53 bits per heavy atom. The maximum atomic E-state index is 10.4. The van der Waals surface area contributed by atoms with Gasteiger partial charge in [-0.05, 0) is 38.1 Å². The smallest absolute Gasteiger partial charge is 0.303 e. The van der Waals surface area contributed by atoms with E-state index < -0.39 is 5.97 Å². The summed E-state index contributed by atoms with van der Waals surface area (Å²) >= 11 is 0. The highest BCUT2D eigenvalue weighted by atomic mass is 16.5. The third-order valence-corrected chi connectivity index (χ3v) is 3.36. The third-order valence-electron chi connectivity index (χ3n) is 3.36. The lowest BCUT2D eigenvalue weighted by atomic mass is 10.0. The third kappa shape index (κ3) is 4.98. The number of carboxylic acid groups (broad SMARTS) is 1. The van der Waals surface area contributed by atoms with Crippen LogP contribution >= 0.6 is 0 Å². The fourth-order valence-corrected chi connectivity index (χ4v) is 1.90. The topological polar surface area (TPSA) is 88.3 Å². The molecule has 1 atom stereocenters. The Labute approximate surface area is 112 Å². The molecule has 0 amide bonds. The molecule has 1 fully saturated rings. The predicted octanol–water partition coefficient (Wildman–Crippen LogP) is 1.93. The van der Waals surface area contributed by atoms with Gasteiger partial charge in [0.05, 0.1) is 6.54 Å². The van der Waals surface area contributed by atoms with Gasteiger partial charge in [-0.15, -0.1) is 0 Å². The predicted molar refractivity (Wildman–Crippen MR) is 68.6 cm³/mol. The normalized spacial score (nSPS) is 16.5. The standard InChI is InChI=1S/C13H21N3O3/c1-9(2-5-12(17)18)6-7-14-8-11-15-13(19-16-11)10-3-4-10/h9-10,14H,2-8H2,1H3,(H,17,18). The first kappa shape index (κ1) is 14.0. The van der Waals surface area contributed by atoms with Gasteiger partial charge in [0.2, 0.25) is 5.89 Å². The van der Waals surface area contributed by atoms with E-state index in [1.807, 2.05) is 0 Å². The van der Waals surface area contributed by atoms with E-state index in [0.717, 1.165) is 38.1 Å². The minimum absolute atomic E-state index is 0.247. The van der Waals surface area contributed by atoms with Crippen molar-refractivity contribution in [3.05, 3.63) is 11.7 Å². The summed E-state index contributed by atoms with van der Waals surface area (Å²) in [5, 5.41) is 15.8. The number of nitrogens with zero attached hydrogens (tertiary/aromatic N) is 2. The molecule has 1 aliphatic carbocycles. The van der Waals surface area contributed by atoms with Crippen molar-refractivity contribution in [2.75, 3.05) is 6.54 Å². The van der Waals surface area contributed by atoms with Crippen LogP contribution in [0.4, 0.5) is 0 Å². The molecule has 6 nitrogen and oxygen atoms in total. The van der Waals surface area contributed by atoms with Crippen molar-refractivity contribution in [2.45, 2.75) is 51.5 Å². The van der Waals surface area contributed by atoms with Crippen LogP contribution in [-0.4, -0.2) is 27.8 Å². The average Bonchev–Trinajstić information content (AvgIpc) is 3.12. The molecule has 2 rings (SSSR count). The van der Waals surface area contributed by atoms with E-state index in [4.69, 9.17) is 9.63 Å². The lowest BCUT2D eigenvalue weighted by molar-refractivity contribution is -0.137. The van der Waals surface area contributed by atoms with Gasteiger partial charge in [-0.1, -0.05) is 12.1 Å².